The number of carbonyl (C=O) groups excluding carboxylic acids is 1. The Morgan fingerprint density at radius 1 is 0.973 bits per heavy atom. The van der Waals surface area contributed by atoms with Gasteiger partial charge in [0.2, 0.25) is 5.36 Å². The Bertz CT molecular complexity index is 1630. The van der Waals surface area contributed by atoms with Crippen LogP contribution in [0.1, 0.15) is 39.1 Å². The zero-order valence-corrected chi connectivity index (χ0v) is 20.8. The Balaban J connectivity index is 1.80. The van der Waals surface area contributed by atoms with E-state index in [1.807, 2.05) is 62.0 Å². The number of fused-ring (bicyclic) bond motifs is 2. The Kier molecular flexibility index (Phi) is 6.03. The molecule has 0 aromatic heterocycles. The van der Waals surface area contributed by atoms with Crippen molar-refractivity contribution in [3.8, 4) is 22.5 Å². The van der Waals surface area contributed by atoms with Crippen LogP contribution in [0.4, 0.5) is 0 Å². The number of carbonyl (C=O) groups is 3. The molecule has 0 radical (unpaired) electrons. The third kappa shape index (κ3) is 4.24. The number of aromatic carboxylic acids is 1. The Morgan fingerprint density at radius 3 is 2.46 bits per heavy atom. The number of hydrogen-bond acceptors (Lipinski definition) is 4. The van der Waals surface area contributed by atoms with Gasteiger partial charge in [-0.3, -0.25) is 4.79 Å². The van der Waals surface area contributed by atoms with E-state index in [4.69, 9.17) is 4.42 Å². The number of hydrogen-bond donors (Lipinski definition) is 2. The first-order chi connectivity index (χ1) is 17.7. The monoisotopic (exact) mass is 499 g/mol. The van der Waals surface area contributed by atoms with Crippen LogP contribution in [-0.2, 0) is 4.79 Å². The number of rotatable bonds is 4. The highest BCUT2D eigenvalue weighted by Crippen LogP contribution is 2.42. The number of aryl methyl sites for hydroxylation is 1. The minimum absolute atomic E-state index is 0.0406. The second-order valence-electron chi connectivity index (χ2n) is 9.61. The second-order valence-corrected chi connectivity index (χ2v) is 9.61. The maximum absolute atomic E-state index is 13.4. The van der Waals surface area contributed by atoms with Gasteiger partial charge in [0.25, 0.3) is 5.91 Å². The van der Waals surface area contributed by atoms with Crippen LogP contribution in [0.2, 0.25) is 0 Å². The average molecular weight is 500 g/mol. The molecule has 8 nitrogen and oxygen atoms in total. The Hall–Kier alpha value is -4.46. The highest BCUT2D eigenvalue weighted by atomic mass is 16.4. The third-order valence-electron chi connectivity index (χ3n) is 6.94. The predicted molar refractivity (Wildman–Crippen MR) is 139 cm³/mol. The molecule has 0 bridgehead atoms. The standard InChI is InChI=1S/C29H26N2O6/c1-16-6-9-20-24(13-16)37-25-15-18(30(2)3)8-11-21(25)26(20)22-14-17(7-10-19(22)28(33)34)27(32)31-12-4-5-23(31)29(35)36/h6-11,13-15,23H,4-5,12H2,1-3H3,(H-,33,34,35,36)/p+1. The van der Waals surface area contributed by atoms with Gasteiger partial charge in [-0.15, -0.1) is 0 Å². The molecule has 2 aromatic rings. The lowest BCUT2D eigenvalue weighted by Gasteiger charge is -2.22. The van der Waals surface area contributed by atoms with E-state index < -0.39 is 23.9 Å². The summed E-state index contributed by atoms with van der Waals surface area (Å²) in [5.41, 5.74) is 3.59. The maximum Gasteiger partial charge on any atom is 0.336 e. The minimum Gasteiger partial charge on any atom is -0.480 e. The topological polar surface area (TPSA) is 111 Å². The molecule has 3 aliphatic rings. The molecule has 2 aromatic carbocycles. The number of amides is 1. The number of benzene rings is 3. The summed E-state index contributed by atoms with van der Waals surface area (Å²) in [6.45, 7) is 2.29. The zero-order valence-electron chi connectivity index (χ0n) is 20.8. The number of carboxylic acids is 2. The summed E-state index contributed by atoms with van der Waals surface area (Å²) in [4.78, 5) is 38.8. The van der Waals surface area contributed by atoms with Gasteiger partial charge in [-0.2, -0.15) is 0 Å². The van der Waals surface area contributed by atoms with Crippen molar-refractivity contribution in [3.63, 3.8) is 0 Å². The van der Waals surface area contributed by atoms with Gasteiger partial charge >= 0.3 is 11.9 Å². The van der Waals surface area contributed by atoms with E-state index in [1.165, 1.54) is 17.0 Å². The van der Waals surface area contributed by atoms with Crippen LogP contribution in [0.15, 0.2) is 59.0 Å². The van der Waals surface area contributed by atoms with Crippen molar-refractivity contribution in [3.05, 3.63) is 76.6 Å². The van der Waals surface area contributed by atoms with Crippen LogP contribution in [0.3, 0.4) is 0 Å². The molecular formula is C29H27N2O6+. The fourth-order valence-corrected chi connectivity index (χ4v) is 5.06. The van der Waals surface area contributed by atoms with Gasteiger partial charge in [0.15, 0.2) is 0 Å². The van der Waals surface area contributed by atoms with Gasteiger partial charge in [-0.25, -0.2) is 14.2 Å². The van der Waals surface area contributed by atoms with Crippen LogP contribution < -0.4 is 9.93 Å². The lowest BCUT2D eigenvalue weighted by atomic mass is 9.89. The smallest absolute Gasteiger partial charge is 0.336 e. The van der Waals surface area contributed by atoms with Crippen LogP contribution >= 0.6 is 0 Å². The molecule has 188 valence electrons. The predicted octanol–water partition coefficient (Wildman–Crippen LogP) is 3.93. The Labute approximate surface area is 213 Å². The molecule has 1 aliphatic carbocycles. The molecule has 1 amide bonds. The van der Waals surface area contributed by atoms with E-state index >= 15 is 0 Å². The highest BCUT2D eigenvalue weighted by molar-refractivity contribution is 6.09. The molecule has 2 aliphatic heterocycles. The number of likely N-dealkylation sites (tertiary alicyclic amines) is 1. The van der Waals surface area contributed by atoms with Crippen molar-refractivity contribution in [2.45, 2.75) is 25.8 Å². The lowest BCUT2D eigenvalue weighted by molar-refractivity contribution is -0.141. The lowest BCUT2D eigenvalue weighted by Crippen LogP contribution is -2.40. The van der Waals surface area contributed by atoms with Crippen molar-refractivity contribution in [1.29, 1.82) is 0 Å². The SMILES string of the molecule is Cc1ccc2c(-c3cc(C(=O)N4CCCC4C(=O)O)ccc3C(=O)O)c3ccc(=[N+](C)C)cc-3oc2c1. The van der Waals surface area contributed by atoms with Crippen LogP contribution in [0.5, 0.6) is 0 Å². The van der Waals surface area contributed by atoms with E-state index in [-0.39, 0.29) is 11.1 Å². The van der Waals surface area contributed by atoms with E-state index in [2.05, 4.69) is 0 Å². The van der Waals surface area contributed by atoms with E-state index in [0.29, 0.717) is 52.8 Å². The summed E-state index contributed by atoms with van der Waals surface area (Å²) in [5, 5.41) is 21.3. The van der Waals surface area contributed by atoms with Crippen LogP contribution in [0, 0.1) is 6.92 Å². The molecule has 5 rings (SSSR count). The maximum atomic E-state index is 13.4. The average Bonchev–Trinajstić information content (AvgIpc) is 3.36. The highest BCUT2D eigenvalue weighted by Gasteiger charge is 2.35. The summed E-state index contributed by atoms with van der Waals surface area (Å²) in [7, 11) is 3.85. The van der Waals surface area contributed by atoms with Crippen molar-refractivity contribution in [2.75, 3.05) is 20.6 Å². The summed E-state index contributed by atoms with van der Waals surface area (Å²) < 4.78 is 8.22. The number of nitrogens with zero attached hydrogens (tertiary/aromatic N) is 2. The van der Waals surface area contributed by atoms with Gasteiger partial charge in [0, 0.05) is 34.7 Å². The van der Waals surface area contributed by atoms with Crippen molar-refractivity contribution < 1.29 is 29.0 Å². The van der Waals surface area contributed by atoms with Gasteiger partial charge in [-0.05, 0) is 61.2 Å². The van der Waals surface area contributed by atoms with Crippen molar-refractivity contribution in [1.82, 2.24) is 9.48 Å². The molecule has 1 saturated heterocycles. The zero-order chi connectivity index (χ0) is 26.4. The quantitative estimate of drug-likeness (QED) is 0.325. The third-order valence-corrected chi connectivity index (χ3v) is 6.94. The molecule has 2 N–H and O–H groups in total. The van der Waals surface area contributed by atoms with E-state index in [9.17, 15) is 24.6 Å². The first kappa shape index (κ1) is 24.2. The molecule has 2 heterocycles. The van der Waals surface area contributed by atoms with E-state index in [1.54, 1.807) is 6.07 Å². The number of carboxylic acid groups (broad SMARTS) is 2. The fourth-order valence-electron chi connectivity index (χ4n) is 5.06. The van der Waals surface area contributed by atoms with Gasteiger partial charge in [0.1, 0.15) is 31.5 Å². The molecule has 1 unspecified atom stereocenters. The van der Waals surface area contributed by atoms with Crippen LogP contribution in [-0.4, -0.2) is 59.6 Å². The molecule has 0 spiro atoms. The summed E-state index contributed by atoms with van der Waals surface area (Å²) in [6.07, 6.45) is 0.996. The fraction of sp³-hybridized carbons (Fsp3) is 0.241. The van der Waals surface area contributed by atoms with Gasteiger partial charge in [0.05, 0.1) is 11.6 Å². The molecule has 0 saturated carbocycles. The molecule has 1 atom stereocenters. The molecule has 1 fully saturated rings. The largest absolute Gasteiger partial charge is 0.480 e. The molecular weight excluding hydrogens is 472 g/mol. The second kappa shape index (κ2) is 9.20. The van der Waals surface area contributed by atoms with Gasteiger partial charge < -0.3 is 19.5 Å². The molecule has 8 heteroatoms. The van der Waals surface area contributed by atoms with Crippen molar-refractivity contribution in [2.24, 2.45) is 0 Å². The first-order valence-corrected chi connectivity index (χ1v) is 12.0. The van der Waals surface area contributed by atoms with Crippen molar-refractivity contribution >= 4 is 28.8 Å². The first-order valence-electron chi connectivity index (χ1n) is 12.0. The van der Waals surface area contributed by atoms with Crippen LogP contribution in [0.25, 0.3) is 33.4 Å². The molecule has 37 heavy (non-hydrogen) atoms. The number of aliphatic carboxylic acids is 1. The summed E-state index contributed by atoms with van der Waals surface area (Å²) in [5.74, 6) is -2.01. The summed E-state index contributed by atoms with van der Waals surface area (Å²) >= 11 is 0. The van der Waals surface area contributed by atoms with E-state index in [0.717, 1.165) is 10.9 Å². The normalized spacial score (nSPS) is 15.3. The van der Waals surface area contributed by atoms with Gasteiger partial charge in [-0.1, -0.05) is 12.1 Å². The summed E-state index contributed by atoms with van der Waals surface area (Å²) in [6, 6.07) is 15.0. The minimum atomic E-state index is -1.13. The Morgan fingerprint density at radius 2 is 1.76 bits per heavy atom.